The van der Waals surface area contributed by atoms with Crippen molar-refractivity contribution < 1.29 is 23.9 Å². The highest BCUT2D eigenvalue weighted by atomic mass is 16.6. The van der Waals surface area contributed by atoms with Crippen LogP contribution >= 0.6 is 0 Å². The average Bonchev–Trinajstić information content (AvgIpc) is 2.62. The highest BCUT2D eigenvalue weighted by molar-refractivity contribution is 5.83. The Morgan fingerprint density at radius 3 is 2.54 bits per heavy atom. The van der Waals surface area contributed by atoms with Gasteiger partial charge in [-0.15, -0.1) is 0 Å². The predicted molar refractivity (Wildman–Crippen MR) is 105 cm³/mol. The summed E-state index contributed by atoms with van der Waals surface area (Å²) in [6, 6.07) is 9.36. The van der Waals surface area contributed by atoms with Gasteiger partial charge < -0.3 is 14.8 Å². The number of carbonyl (C=O) groups is 3. The molecule has 1 saturated heterocycles. The number of benzene rings is 1. The van der Waals surface area contributed by atoms with Gasteiger partial charge in [0.1, 0.15) is 11.7 Å². The number of esters is 2. The summed E-state index contributed by atoms with van der Waals surface area (Å²) in [7, 11) is 0. The molecule has 0 spiro atoms. The fraction of sp³-hybridized carbons (Fsp3) is 0.591. The number of nitrogens with one attached hydrogen (secondary N) is 1. The number of ether oxygens (including phenoxy) is 2. The fourth-order valence-corrected chi connectivity index (χ4v) is 3.20. The average molecular weight is 389 g/mol. The molecular weight excluding hydrogens is 358 g/mol. The number of hydrogen-bond donors (Lipinski definition) is 1. The second-order valence-electron chi connectivity index (χ2n) is 8.22. The Hall–Kier alpha value is -2.37. The van der Waals surface area contributed by atoms with Crippen LogP contribution in [0.25, 0.3) is 0 Å². The molecular formula is C22H31NO5. The topological polar surface area (TPSA) is 81.7 Å². The van der Waals surface area contributed by atoms with E-state index in [0.717, 1.165) is 18.4 Å². The quantitative estimate of drug-likeness (QED) is 0.797. The van der Waals surface area contributed by atoms with Crippen LogP contribution < -0.4 is 5.32 Å². The van der Waals surface area contributed by atoms with E-state index in [1.807, 2.05) is 51.1 Å². The van der Waals surface area contributed by atoms with E-state index in [4.69, 9.17) is 9.47 Å². The highest BCUT2D eigenvalue weighted by Crippen LogP contribution is 2.22. The minimum absolute atomic E-state index is 0.0545. The van der Waals surface area contributed by atoms with Crippen LogP contribution in [0, 0.1) is 5.92 Å². The fourth-order valence-electron chi connectivity index (χ4n) is 3.20. The SMILES string of the molecule is CC(C)(C)OC(=O)C[C@@H]1CCCCCC(=O)O[C@H](c2ccccc2)CNC1=O. The maximum Gasteiger partial charge on any atom is 0.307 e. The van der Waals surface area contributed by atoms with E-state index in [0.29, 0.717) is 19.3 Å². The highest BCUT2D eigenvalue weighted by Gasteiger charge is 2.27. The number of cyclic esters (lactones) is 1. The molecule has 0 saturated carbocycles. The van der Waals surface area contributed by atoms with Crippen LogP contribution in [0.5, 0.6) is 0 Å². The minimum Gasteiger partial charge on any atom is -0.460 e. The van der Waals surface area contributed by atoms with Gasteiger partial charge in [0.05, 0.1) is 13.0 Å². The largest absolute Gasteiger partial charge is 0.460 e. The van der Waals surface area contributed by atoms with Crippen LogP contribution in [-0.4, -0.2) is 30.0 Å². The van der Waals surface area contributed by atoms with Gasteiger partial charge in [-0.2, -0.15) is 0 Å². The molecule has 1 N–H and O–H groups in total. The van der Waals surface area contributed by atoms with Crippen molar-refractivity contribution in [2.45, 2.75) is 71.0 Å². The molecule has 0 radical (unpaired) electrons. The second-order valence-corrected chi connectivity index (χ2v) is 8.22. The molecule has 0 bridgehead atoms. The zero-order valence-corrected chi connectivity index (χ0v) is 17.0. The molecule has 1 aliphatic rings. The van der Waals surface area contributed by atoms with Crippen molar-refractivity contribution in [1.29, 1.82) is 0 Å². The summed E-state index contributed by atoms with van der Waals surface area (Å²) in [6.45, 7) is 5.61. The van der Waals surface area contributed by atoms with Crippen molar-refractivity contribution in [3.8, 4) is 0 Å². The lowest BCUT2D eigenvalue weighted by atomic mass is 9.95. The minimum atomic E-state index is -0.578. The summed E-state index contributed by atoms with van der Waals surface area (Å²) in [4.78, 5) is 37.0. The number of carbonyl (C=O) groups excluding carboxylic acids is 3. The van der Waals surface area contributed by atoms with E-state index >= 15 is 0 Å². The Morgan fingerprint density at radius 1 is 1.14 bits per heavy atom. The lowest BCUT2D eigenvalue weighted by Crippen LogP contribution is -2.37. The number of rotatable bonds is 3. The van der Waals surface area contributed by atoms with Gasteiger partial charge in [-0.3, -0.25) is 14.4 Å². The predicted octanol–water partition coefficient (Wildman–Crippen LogP) is 3.70. The number of amides is 1. The molecule has 2 atom stereocenters. The summed E-state index contributed by atoms with van der Waals surface area (Å²) in [5.41, 5.74) is 0.253. The summed E-state index contributed by atoms with van der Waals surface area (Å²) >= 11 is 0. The van der Waals surface area contributed by atoms with Crippen LogP contribution in [0.4, 0.5) is 0 Å². The van der Waals surface area contributed by atoms with Gasteiger partial charge in [0, 0.05) is 12.3 Å². The first-order valence-electron chi connectivity index (χ1n) is 9.98. The van der Waals surface area contributed by atoms with Crippen LogP contribution in [0.1, 0.15) is 71.0 Å². The van der Waals surface area contributed by atoms with E-state index in [9.17, 15) is 14.4 Å². The first kappa shape index (κ1) is 21.9. The molecule has 2 rings (SSSR count). The first-order chi connectivity index (χ1) is 13.2. The van der Waals surface area contributed by atoms with Gasteiger partial charge in [-0.1, -0.05) is 43.2 Å². The molecule has 1 aromatic carbocycles. The molecule has 0 aliphatic carbocycles. The Morgan fingerprint density at radius 2 is 1.86 bits per heavy atom. The smallest absolute Gasteiger partial charge is 0.307 e. The Bertz CT molecular complexity index is 665. The zero-order chi connectivity index (χ0) is 20.6. The van der Waals surface area contributed by atoms with E-state index in [1.54, 1.807) is 0 Å². The lowest BCUT2D eigenvalue weighted by Gasteiger charge is -2.24. The third-order valence-electron chi connectivity index (χ3n) is 4.54. The summed E-state index contributed by atoms with van der Waals surface area (Å²) in [5, 5.41) is 2.86. The Balaban J connectivity index is 2.07. The van der Waals surface area contributed by atoms with Crippen molar-refractivity contribution in [2.75, 3.05) is 6.54 Å². The van der Waals surface area contributed by atoms with E-state index in [-0.39, 0.29) is 30.8 Å². The molecule has 1 aliphatic heterocycles. The maximum atomic E-state index is 12.7. The van der Waals surface area contributed by atoms with Gasteiger partial charge in [0.2, 0.25) is 5.91 Å². The first-order valence-corrected chi connectivity index (χ1v) is 9.98. The molecule has 1 aromatic rings. The van der Waals surface area contributed by atoms with Crippen LogP contribution in [0.2, 0.25) is 0 Å². The van der Waals surface area contributed by atoms with Gasteiger partial charge >= 0.3 is 11.9 Å². The molecule has 154 valence electrons. The Labute approximate surface area is 167 Å². The van der Waals surface area contributed by atoms with Crippen molar-refractivity contribution in [3.05, 3.63) is 35.9 Å². The summed E-state index contributed by atoms with van der Waals surface area (Å²) in [5.74, 6) is -1.27. The lowest BCUT2D eigenvalue weighted by molar-refractivity contribution is -0.157. The standard InChI is InChI=1S/C22H31NO5/c1-22(2,3)28-20(25)14-17-12-8-5-9-13-19(24)27-18(15-23-21(17)26)16-10-6-4-7-11-16/h4,6-7,10-11,17-18H,5,8-9,12-15H2,1-3H3,(H,23,26)/t17-,18-/m0/s1. The zero-order valence-electron chi connectivity index (χ0n) is 17.0. The third-order valence-corrected chi connectivity index (χ3v) is 4.54. The van der Waals surface area contributed by atoms with Crippen LogP contribution in [-0.2, 0) is 23.9 Å². The summed E-state index contributed by atoms with van der Waals surface area (Å²) < 4.78 is 11.0. The van der Waals surface area contributed by atoms with Crippen LogP contribution in [0.15, 0.2) is 30.3 Å². The van der Waals surface area contributed by atoms with Crippen molar-refractivity contribution >= 4 is 17.8 Å². The molecule has 0 unspecified atom stereocenters. The molecule has 28 heavy (non-hydrogen) atoms. The van der Waals surface area contributed by atoms with Gasteiger partial charge in [-0.05, 0) is 39.2 Å². The monoisotopic (exact) mass is 389 g/mol. The second kappa shape index (κ2) is 10.2. The maximum absolute atomic E-state index is 12.7. The van der Waals surface area contributed by atoms with Crippen LogP contribution in [0.3, 0.4) is 0 Å². The molecule has 1 amide bonds. The summed E-state index contributed by atoms with van der Waals surface area (Å²) in [6.07, 6.45) is 2.75. The van der Waals surface area contributed by atoms with Gasteiger partial charge in [0.15, 0.2) is 0 Å². The van der Waals surface area contributed by atoms with E-state index in [1.165, 1.54) is 0 Å². The van der Waals surface area contributed by atoms with Gasteiger partial charge in [0.25, 0.3) is 0 Å². The van der Waals surface area contributed by atoms with Crippen molar-refractivity contribution in [2.24, 2.45) is 5.92 Å². The molecule has 1 heterocycles. The number of hydrogen-bond acceptors (Lipinski definition) is 5. The molecule has 0 aromatic heterocycles. The Kier molecular flexibility index (Phi) is 8.03. The van der Waals surface area contributed by atoms with Crippen molar-refractivity contribution in [1.82, 2.24) is 5.32 Å². The van der Waals surface area contributed by atoms with Gasteiger partial charge in [-0.25, -0.2) is 0 Å². The molecule has 1 fully saturated rings. The third kappa shape index (κ3) is 7.71. The normalized spacial score (nSPS) is 22.2. The van der Waals surface area contributed by atoms with E-state index in [2.05, 4.69) is 5.32 Å². The molecule has 6 nitrogen and oxygen atoms in total. The molecule has 6 heteroatoms. The van der Waals surface area contributed by atoms with Crippen molar-refractivity contribution in [3.63, 3.8) is 0 Å². The van der Waals surface area contributed by atoms with E-state index < -0.39 is 17.6 Å².